The number of imide groups is 1. The number of hydrogen-bond donors (Lipinski definition) is 1. The third-order valence-electron chi connectivity index (χ3n) is 6.02. The van der Waals surface area contributed by atoms with Gasteiger partial charge in [0.25, 0.3) is 11.6 Å². The highest BCUT2D eigenvalue weighted by atomic mass is 16.6. The van der Waals surface area contributed by atoms with Gasteiger partial charge in [0.1, 0.15) is 5.70 Å². The average Bonchev–Trinajstić information content (AvgIpc) is 3.32. The minimum absolute atomic E-state index is 0.0363. The number of amides is 3. The van der Waals surface area contributed by atoms with Gasteiger partial charge in [-0.25, -0.2) is 4.79 Å². The van der Waals surface area contributed by atoms with Gasteiger partial charge in [-0.2, -0.15) is 0 Å². The van der Waals surface area contributed by atoms with Crippen molar-refractivity contribution in [3.63, 3.8) is 0 Å². The van der Waals surface area contributed by atoms with Crippen molar-refractivity contribution in [3.8, 4) is 0 Å². The second kappa shape index (κ2) is 8.90. The molecule has 3 amide bonds. The van der Waals surface area contributed by atoms with Crippen LogP contribution in [0, 0.1) is 17.0 Å². The number of benzene rings is 3. The zero-order valence-electron chi connectivity index (χ0n) is 19.0. The molecule has 1 saturated heterocycles. The number of non-ortho nitro benzene ring substituents is 1. The minimum atomic E-state index is -0.456. The number of carbonyl (C=O) groups is 2. The number of nitro benzene ring substituents is 1. The van der Waals surface area contributed by atoms with Crippen LogP contribution in [0.15, 0.2) is 84.7 Å². The molecule has 174 valence electrons. The number of urea groups is 1. The van der Waals surface area contributed by atoms with Crippen molar-refractivity contribution in [3.05, 3.63) is 117 Å². The van der Waals surface area contributed by atoms with E-state index in [9.17, 15) is 19.7 Å². The lowest BCUT2D eigenvalue weighted by atomic mass is 10.1. The number of aromatic nitrogens is 1. The summed E-state index contributed by atoms with van der Waals surface area (Å²) in [4.78, 5) is 37.5. The van der Waals surface area contributed by atoms with Gasteiger partial charge in [0.05, 0.1) is 11.5 Å². The molecule has 1 N–H and O–H groups in total. The quantitative estimate of drug-likeness (QED) is 0.187. The van der Waals surface area contributed by atoms with Crippen LogP contribution in [0.2, 0.25) is 0 Å². The summed E-state index contributed by atoms with van der Waals surface area (Å²) in [6, 6.07) is 21.5. The highest BCUT2D eigenvalue weighted by molar-refractivity contribution is 6.14. The Morgan fingerprint density at radius 2 is 1.71 bits per heavy atom. The Hall–Kier alpha value is -4.72. The van der Waals surface area contributed by atoms with E-state index in [0.29, 0.717) is 6.54 Å². The first-order valence-corrected chi connectivity index (χ1v) is 11.1. The van der Waals surface area contributed by atoms with Gasteiger partial charge < -0.3 is 9.88 Å². The lowest BCUT2D eigenvalue weighted by Crippen LogP contribution is -2.30. The molecule has 1 aliphatic heterocycles. The van der Waals surface area contributed by atoms with Crippen LogP contribution in [0.3, 0.4) is 0 Å². The van der Waals surface area contributed by atoms with E-state index in [2.05, 4.69) is 5.32 Å². The lowest BCUT2D eigenvalue weighted by Gasteiger charge is -2.11. The van der Waals surface area contributed by atoms with Crippen LogP contribution >= 0.6 is 0 Å². The topological polar surface area (TPSA) is 97.5 Å². The number of nitro groups is 1. The van der Waals surface area contributed by atoms with Crippen LogP contribution in [0.25, 0.3) is 17.0 Å². The molecule has 8 heteroatoms. The SMILES string of the molecule is Cc1ccc(CN2C(=O)N/C(=C/c3cn(Cc4cccc([N+](=O)[O-])c4)c4ccccc34)C2=O)cc1. The maximum Gasteiger partial charge on any atom is 0.329 e. The zero-order chi connectivity index (χ0) is 24.5. The molecule has 1 aliphatic rings. The fourth-order valence-corrected chi connectivity index (χ4v) is 4.23. The molecule has 0 saturated carbocycles. The van der Waals surface area contributed by atoms with Gasteiger partial charge in [-0.1, -0.05) is 60.2 Å². The molecule has 35 heavy (non-hydrogen) atoms. The van der Waals surface area contributed by atoms with Crippen molar-refractivity contribution in [1.29, 1.82) is 0 Å². The summed E-state index contributed by atoms with van der Waals surface area (Å²) in [5, 5.41) is 14.7. The summed E-state index contributed by atoms with van der Waals surface area (Å²) < 4.78 is 1.98. The molecule has 0 radical (unpaired) electrons. The minimum Gasteiger partial charge on any atom is -0.342 e. The van der Waals surface area contributed by atoms with Crippen LogP contribution in [-0.4, -0.2) is 26.3 Å². The molecule has 0 atom stereocenters. The highest BCUT2D eigenvalue weighted by Crippen LogP contribution is 2.26. The van der Waals surface area contributed by atoms with Crippen molar-refractivity contribution >= 4 is 34.6 Å². The number of aryl methyl sites for hydroxylation is 1. The highest BCUT2D eigenvalue weighted by Gasteiger charge is 2.33. The van der Waals surface area contributed by atoms with E-state index in [0.717, 1.165) is 33.2 Å². The monoisotopic (exact) mass is 466 g/mol. The van der Waals surface area contributed by atoms with Gasteiger partial charge in [0.15, 0.2) is 0 Å². The fraction of sp³-hybridized carbons (Fsp3) is 0.111. The Morgan fingerprint density at radius 1 is 0.943 bits per heavy atom. The van der Waals surface area contributed by atoms with Crippen LogP contribution < -0.4 is 5.32 Å². The Bertz CT molecular complexity index is 1500. The number of hydrogen-bond acceptors (Lipinski definition) is 4. The number of carbonyl (C=O) groups excluding carboxylic acids is 2. The third kappa shape index (κ3) is 4.41. The molecule has 1 fully saturated rings. The number of fused-ring (bicyclic) bond motifs is 1. The number of nitrogens with one attached hydrogen (secondary N) is 1. The normalized spacial score (nSPS) is 14.7. The standard InChI is InChI=1S/C27H22N4O4/c1-18-9-11-19(12-10-18)16-30-26(32)24(28-27(30)33)14-21-17-29(25-8-3-2-7-23(21)25)15-20-5-4-6-22(13-20)31(34)35/h2-14,17H,15-16H2,1H3,(H,28,33)/b24-14+. The Balaban J connectivity index is 1.45. The van der Waals surface area contributed by atoms with Crippen molar-refractivity contribution in [2.45, 2.75) is 20.0 Å². The van der Waals surface area contributed by atoms with E-state index in [1.807, 2.05) is 72.3 Å². The van der Waals surface area contributed by atoms with E-state index in [1.54, 1.807) is 18.2 Å². The third-order valence-corrected chi connectivity index (χ3v) is 6.02. The van der Waals surface area contributed by atoms with Crippen molar-refractivity contribution < 1.29 is 14.5 Å². The maximum absolute atomic E-state index is 13.0. The van der Waals surface area contributed by atoms with Crippen molar-refractivity contribution in [2.24, 2.45) is 0 Å². The molecule has 3 aromatic carbocycles. The molecule has 0 aliphatic carbocycles. The van der Waals surface area contributed by atoms with E-state index in [-0.39, 0.29) is 23.8 Å². The molecule has 0 bridgehead atoms. The van der Waals surface area contributed by atoms with Crippen LogP contribution in [0.5, 0.6) is 0 Å². The van der Waals surface area contributed by atoms with Crippen LogP contribution in [0.4, 0.5) is 10.5 Å². The maximum atomic E-state index is 13.0. The molecule has 0 spiro atoms. The van der Waals surface area contributed by atoms with Gasteiger partial charge >= 0.3 is 6.03 Å². The van der Waals surface area contributed by atoms with Crippen LogP contribution in [-0.2, 0) is 17.9 Å². The van der Waals surface area contributed by atoms with E-state index < -0.39 is 11.0 Å². The molecule has 5 rings (SSSR count). The molecule has 8 nitrogen and oxygen atoms in total. The zero-order valence-corrected chi connectivity index (χ0v) is 19.0. The van der Waals surface area contributed by atoms with E-state index >= 15 is 0 Å². The Morgan fingerprint density at radius 3 is 2.49 bits per heavy atom. The molecule has 0 unspecified atom stereocenters. The van der Waals surface area contributed by atoms with Gasteiger partial charge in [-0.05, 0) is 30.2 Å². The predicted molar refractivity (Wildman–Crippen MR) is 132 cm³/mol. The molecular weight excluding hydrogens is 444 g/mol. The van der Waals surface area contributed by atoms with Gasteiger partial charge in [0, 0.05) is 41.3 Å². The second-order valence-electron chi connectivity index (χ2n) is 8.52. The van der Waals surface area contributed by atoms with E-state index in [1.165, 1.54) is 11.0 Å². The predicted octanol–water partition coefficient (Wildman–Crippen LogP) is 5.00. The summed E-state index contributed by atoms with van der Waals surface area (Å²) in [5.41, 5.74) is 4.69. The Kier molecular flexibility index (Phi) is 5.62. The molecule has 4 aromatic rings. The van der Waals surface area contributed by atoms with E-state index in [4.69, 9.17) is 0 Å². The lowest BCUT2D eigenvalue weighted by molar-refractivity contribution is -0.384. The largest absolute Gasteiger partial charge is 0.342 e. The molecular formula is C27H22N4O4. The van der Waals surface area contributed by atoms with Crippen molar-refractivity contribution in [1.82, 2.24) is 14.8 Å². The summed E-state index contributed by atoms with van der Waals surface area (Å²) in [7, 11) is 0. The summed E-state index contributed by atoms with van der Waals surface area (Å²) in [5.74, 6) is -0.383. The first kappa shape index (κ1) is 22.1. The fourth-order valence-electron chi connectivity index (χ4n) is 4.23. The summed E-state index contributed by atoms with van der Waals surface area (Å²) >= 11 is 0. The first-order chi connectivity index (χ1) is 16.9. The second-order valence-corrected chi connectivity index (χ2v) is 8.52. The van der Waals surface area contributed by atoms with Gasteiger partial charge in [-0.3, -0.25) is 19.8 Å². The van der Waals surface area contributed by atoms with Gasteiger partial charge in [-0.15, -0.1) is 0 Å². The van der Waals surface area contributed by atoms with Crippen molar-refractivity contribution in [2.75, 3.05) is 0 Å². The van der Waals surface area contributed by atoms with Crippen LogP contribution in [0.1, 0.15) is 22.3 Å². The summed E-state index contributed by atoms with van der Waals surface area (Å²) in [6.07, 6.45) is 3.57. The first-order valence-electron chi connectivity index (χ1n) is 11.1. The summed E-state index contributed by atoms with van der Waals surface area (Å²) in [6.45, 7) is 2.59. The smallest absolute Gasteiger partial charge is 0.329 e. The molecule has 2 heterocycles. The Labute approximate surface area is 201 Å². The average molecular weight is 466 g/mol. The molecule has 1 aromatic heterocycles. The number of para-hydroxylation sites is 1. The number of rotatable bonds is 6. The number of nitrogens with zero attached hydrogens (tertiary/aromatic N) is 3. The van der Waals surface area contributed by atoms with Gasteiger partial charge in [0.2, 0.25) is 0 Å².